The maximum Gasteiger partial charge on any atom is 0.198 e. The molecular weight excluding hydrogens is 196 g/mol. The first-order chi connectivity index (χ1) is 7.24. The highest BCUT2D eigenvalue weighted by Gasteiger charge is 2.12. The van der Waals surface area contributed by atoms with Crippen molar-refractivity contribution in [3.05, 3.63) is 30.5 Å². The Labute approximate surface area is 85.0 Å². The lowest BCUT2D eigenvalue weighted by Gasteiger charge is -2.07. The third kappa shape index (κ3) is 1.41. The Bertz CT molecular complexity index is 487. The van der Waals surface area contributed by atoms with Crippen molar-refractivity contribution < 1.29 is 10.2 Å². The standard InChI is InChI=1S/C9H8N4O2/c10-12-9-6(2-1-5-11-9)13-7(14)3-4-8(13)15/h1-5,10,14-15H. The molecule has 6 nitrogen and oxygen atoms in total. The maximum atomic E-state index is 9.48. The van der Waals surface area contributed by atoms with E-state index in [-0.39, 0.29) is 17.6 Å². The summed E-state index contributed by atoms with van der Waals surface area (Å²) in [6.07, 6.45) is 1.48. The second-order valence-electron chi connectivity index (χ2n) is 2.84. The van der Waals surface area contributed by atoms with Crippen molar-refractivity contribution >= 4 is 5.82 Å². The predicted molar refractivity (Wildman–Crippen MR) is 51.7 cm³/mol. The fraction of sp³-hybridized carbons (Fsp3) is 0. The van der Waals surface area contributed by atoms with Crippen LogP contribution in [-0.2, 0) is 0 Å². The molecule has 0 aromatic carbocycles. The Morgan fingerprint density at radius 2 is 1.87 bits per heavy atom. The van der Waals surface area contributed by atoms with Gasteiger partial charge in [0.2, 0.25) is 0 Å². The lowest BCUT2D eigenvalue weighted by molar-refractivity contribution is 0.402. The zero-order valence-corrected chi connectivity index (χ0v) is 7.62. The second kappa shape index (κ2) is 3.41. The molecule has 0 unspecified atom stereocenters. The first-order valence-electron chi connectivity index (χ1n) is 4.16. The van der Waals surface area contributed by atoms with Gasteiger partial charge < -0.3 is 10.2 Å². The Balaban J connectivity index is 2.68. The molecule has 0 saturated heterocycles. The molecule has 2 heterocycles. The number of hydrogen-bond acceptors (Lipinski definition) is 5. The molecule has 3 N–H and O–H groups in total. The molecule has 6 heteroatoms. The molecule has 0 fully saturated rings. The minimum Gasteiger partial charge on any atom is -0.494 e. The minimum absolute atomic E-state index is 0.124. The van der Waals surface area contributed by atoms with E-state index in [4.69, 9.17) is 5.53 Å². The summed E-state index contributed by atoms with van der Waals surface area (Å²) in [5, 5.41) is 22.2. The second-order valence-corrected chi connectivity index (χ2v) is 2.84. The van der Waals surface area contributed by atoms with Gasteiger partial charge in [0.1, 0.15) is 0 Å². The molecule has 2 aromatic heterocycles. The highest BCUT2D eigenvalue weighted by molar-refractivity contribution is 5.54. The highest BCUT2D eigenvalue weighted by atomic mass is 16.3. The number of aromatic hydroxyl groups is 2. The first kappa shape index (κ1) is 9.20. The van der Waals surface area contributed by atoms with E-state index in [1.807, 2.05) is 0 Å². The van der Waals surface area contributed by atoms with Gasteiger partial charge in [0.05, 0.1) is 5.69 Å². The average Bonchev–Trinajstić information content (AvgIpc) is 2.59. The van der Waals surface area contributed by atoms with E-state index in [1.54, 1.807) is 12.1 Å². The van der Waals surface area contributed by atoms with Gasteiger partial charge in [-0.05, 0) is 12.1 Å². The quantitative estimate of drug-likeness (QED) is 0.652. The molecule has 0 aliphatic carbocycles. The fourth-order valence-electron chi connectivity index (χ4n) is 1.31. The molecular formula is C9H8N4O2. The normalized spacial score (nSPS) is 10.1. The Morgan fingerprint density at radius 3 is 2.47 bits per heavy atom. The van der Waals surface area contributed by atoms with Crippen molar-refractivity contribution in [1.82, 2.24) is 9.55 Å². The number of nitrogens with one attached hydrogen (secondary N) is 1. The van der Waals surface area contributed by atoms with Gasteiger partial charge in [0.15, 0.2) is 17.6 Å². The number of aromatic nitrogens is 2. The zero-order chi connectivity index (χ0) is 10.8. The van der Waals surface area contributed by atoms with Gasteiger partial charge in [-0.3, -0.25) is 0 Å². The third-order valence-corrected chi connectivity index (χ3v) is 1.95. The minimum atomic E-state index is -0.134. The molecule has 2 aromatic rings. The van der Waals surface area contributed by atoms with Gasteiger partial charge in [-0.1, -0.05) is 0 Å². The van der Waals surface area contributed by atoms with Crippen molar-refractivity contribution in [2.24, 2.45) is 5.11 Å². The van der Waals surface area contributed by atoms with Crippen molar-refractivity contribution in [3.8, 4) is 17.4 Å². The lowest BCUT2D eigenvalue weighted by Crippen LogP contribution is -1.93. The third-order valence-electron chi connectivity index (χ3n) is 1.95. The summed E-state index contributed by atoms with van der Waals surface area (Å²) in [7, 11) is 0. The van der Waals surface area contributed by atoms with Gasteiger partial charge in [0.25, 0.3) is 0 Å². The molecule has 0 spiro atoms. The molecule has 2 rings (SSSR count). The summed E-state index contributed by atoms with van der Waals surface area (Å²) in [4.78, 5) is 3.84. The molecule has 0 bridgehead atoms. The van der Waals surface area contributed by atoms with Crippen LogP contribution in [0.4, 0.5) is 5.82 Å². The molecule has 0 aliphatic rings. The van der Waals surface area contributed by atoms with Crippen molar-refractivity contribution in [1.29, 1.82) is 5.53 Å². The maximum absolute atomic E-state index is 9.48. The zero-order valence-electron chi connectivity index (χ0n) is 7.62. The van der Waals surface area contributed by atoms with Crippen LogP contribution in [0.25, 0.3) is 5.69 Å². The van der Waals surface area contributed by atoms with Crippen LogP contribution in [0.1, 0.15) is 0 Å². The lowest BCUT2D eigenvalue weighted by atomic mass is 10.4. The summed E-state index contributed by atoms with van der Waals surface area (Å²) < 4.78 is 1.15. The van der Waals surface area contributed by atoms with E-state index in [1.165, 1.54) is 18.3 Å². The predicted octanol–water partition coefficient (Wildman–Crippen LogP) is 1.95. The van der Waals surface area contributed by atoms with Gasteiger partial charge in [-0.15, -0.1) is 5.11 Å². The molecule has 0 amide bonds. The summed E-state index contributed by atoms with van der Waals surface area (Å²) >= 11 is 0. The Morgan fingerprint density at radius 1 is 1.20 bits per heavy atom. The van der Waals surface area contributed by atoms with Crippen molar-refractivity contribution in [3.63, 3.8) is 0 Å². The molecule has 76 valence electrons. The number of pyridine rings is 1. The van der Waals surface area contributed by atoms with Crippen molar-refractivity contribution in [2.45, 2.75) is 0 Å². The summed E-state index contributed by atoms with van der Waals surface area (Å²) in [6.45, 7) is 0. The van der Waals surface area contributed by atoms with Crippen LogP contribution < -0.4 is 0 Å². The fourth-order valence-corrected chi connectivity index (χ4v) is 1.31. The monoisotopic (exact) mass is 204 g/mol. The molecule has 0 radical (unpaired) electrons. The van der Waals surface area contributed by atoms with Crippen molar-refractivity contribution in [2.75, 3.05) is 0 Å². The average molecular weight is 204 g/mol. The van der Waals surface area contributed by atoms with Gasteiger partial charge in [0, 0.05) is 18.3 Å². The summed E-state index contributed by atoms with van der Waals surface area (Å²) in [6, 6.07) is 5.91. The van der Waals surface area contributed by atoms with Crippen LogP contribution >= 0.6 is 0 Å². The van der Waals surface area contributed by atoms with E-state index in [2.05, 4.69) is 10.1 Å². The number of rotatable bonds is 2. The Hall–Kier alpha value is -2.37. The van der Waals surface area contributed by atoms with Crippen LogP contribution in [0.15, 0.2) is 35.6 Å². The smallest absolute Gasteiger partial charge is 0.198 e. The summed E-state index contributed by atoms with van der Waals surface area (Å²) in [5.74, 6) is -0.143. The van der Waals surface area contributed by atoms with Crippen LogP contribution in [0, 0.1) is 5.53 Å². The van der Waals surface area contributed by atoms with Gasteiger partial charge in [-0.2, -0.15) is 0 Å². The molecule has 0 saturated carbocycles. The van der Waals surface area contributed by atoms with E-state index in [9.17, 15) is 10.2 Å². The van der Waals surface area contributed by atoms with Crippen LogP contribution in [0.3, 0.4) is 0 Å². The van der Waals surface area contributed by atoms with Crippen LogP contribution in [0.5, 0.6) is 11.8 Å². The topological polar surface area (TPSA) is 94.5 Å². The molecule has 0 atom stereocenters. The molecule has 15 heavy (non-hydrogen) atoms. The molecule has 0 aliphatic heterocycles. The highest BCUT2D eigenvalue weighted by Crippen LogP contribution is 2.30. The number of nitrogens with zero attached hydrogens (tertiary/aromatic N) is 3. The van der Waals surface area contributed by atoms with Gasteiger partial charge >= 0.3 is 0 Å². The van der Waals surface area contributed by atoms with Gasteiger partial charge in [-0.25, -0.2) is 15.1 Å². The van der Waals surface area contributed by atoms with E-state index >= 15 is 0 Å². The summed E-state index contributed by atoms with van der Waals surface area (Å²) in [5.41, 5.74) is 7.27. The van der Waals surface area contributed by atoms with Crippen LogP contribution in [-0.4, -0.2) is 19.8 Å². The number of hydrogen-bond donors (Lipinski definition) is 3. The van der Waals surface area contributed by atoms with E-state index in [0.29, 0.717) is 5.69 Å². The first-order valence-corrected chi connectivity index (χ1v) is 4.16. The largest absolute Gasteiger partial charge is 0.494 e. The van der Waals surface area contributed by atoms with Crippen LogP contribution in [0.2, 0.25) is 0 Å². The SMILES string of the molecule is N=Nc1ncccc1-n1c(O)ccc1O. The van der Waals surface area contributed by atoms with E-state index < -0.39 is 0 Å². The Kier molecular flexibility index (Phi) is 2.09. The van der Waals surface area contributed by atoms with E-state index in [0.717, 1.165) is 4.57 Å².